The first-order valence-electron chi connectivity index (χ1n) is 10.4. The fourth-order valence-corrected chi connectivity index (χ4v) is 6.01. The van der Waals surface area contributed by atoms with E-state index in [1.54, 1.807) is 16.2 Å². The third kappa shape index (κ3) is 3.10. The molecule has 29 heavy (non-hydrogen) atoms. The van der Waals surface area contributed by atoms with Crippen molar-refractivity contribution in [1.82, 2.24) is 20.1 Å². The van der Waals surface area contributed by atoms with E-state index in [9.17, 15) is 14.4 Å². The van der Waals surface area contributed by atoms with E-state index in [0.29, 0.717) is 19.4 Å². The number of carbonyl (C=O) groups excluding carboxylic acids is 3. The number of carbonyl (C=O) groups is 3. The smallest absolute Gasteiger partial charge is 0.325 e. The standard InChI is InChI=1S/C21H24N4O3S/c26-17(13-25-19(27)21(23-20(25)28)10-4-1-5-11-21)24-12-6-8-15(24)18-22-14-7-2-3-9-16(14)29-18/h2-3,7,9,15H,1,4-6,8,10-13H2,(H,23,28). The summed E-state index contributed by atoms with van der Waals surface area (Å²) < 4.78 is 1.11. The Hall–Kier alpha value is -2.48. The summed E-state index contributed by atoms with van der Waals surface area (Å²) in [6, 6.07) is 7.45. The van der Waals surface area contributed by atoms with Gasteiger partial charge in [-0.2, -0.15) is 0 Å². The second-order valence-corrected chi connectivity index (χ2v) is 9.29. The molecule has 0 radical (unpaired) electrons. The maximum absolute atomic E-state index is 13.1. The van der Waals surface area contributed by atoms with Crippen LogP contribution in [-0.2, 0) is 9.59 Å². The van der Waals surface area contributed by atoms with Gasteiger partial charge >= 0.3 is 6.03 Å². The Labute approximate surface area is 173 Å². The maximum Gasteiger partial charge on any atom is 0.325 e. The number of likely N-dealkylation sites (tertiary alicyclic amines) is 1. The van der Waals surface area contributed by atoms with E-state index < -0.39 is 11.6 Å². The number of urea groups is 1. The second-order valence-electron chi connectivity index (χ2n) is 8.23. The summed E-state index contributed by atoms with van der Waals surface area (Å²) in [5, 5.41) is 3.81. The molecular formula is C21H24N4O3S. The van der Waals surface area contributed by atoms with Crippen LogP contribution in [0, 0.1) is 0 Å². The van der Waals surface area contributed by atoms with Gasteiger partial charge in [0.25, 0.3) is 5.91 Å². The molecule has 1 aliphatic carbocycles. The van der Waals surface area contributed by atoms with Crippen molar-refractivity contribution in [3.05, 3.63) is 29.3 Å². The predicted molar refractivity (Wildman–Crippen MR) is 109 cm³/mol. The molecule has 1 atom stereocenters. The lowest BCUT2D eigenvalue weighted by Gasteiger charge is -2.30. The summed E-state index contributed by atoms with van der Waals surface area (Å²) in [4.78, 5) is 46.2. The van der Waals surface area contributed by atoms with Crippen LogP contribution in [0.5, 0.6) is 0 Å². The summed E-state index contributed by atoms with van der Waals surface area (Å²) in [5.74, 6) is -0.408. The Bertz CT molecular complexity index is 948. The number of fused-ring (bicyclic) bond motifs is 1. The molecule has 1 aromatic heterocycles. The van der Waals surface area contributed by atoms with E-state index in [1.807, 2.05) is 24.3 Å². The molecule has 4 amide bonds. The third-order valence-corrected chi connectivity index (χ3v) is 7.55. The molecule has 1 unspecified atom stereocenters. The number of nitrogens with zero attached hydrogens (tertiary/aromatic N) is 3. The summed E-state index contributed by atoms with van der Waals surface area (Å²) in [5.41, 5.74) is 0.160. The average molecular weight is 413 g/mol. The van der Waals surface area contributed by atoms with E-state index >= 15 is 0 Å². The highest BCUT2D eigenvalue weighted by Gasteiger charge is 2.52. The van der Waals surface area contributed by atoms with Crippen molar-refractivity contribution in [2.45, 2.75) is 56.5 Å². The first-order chi connectivity index (χ1) is 14.1. The van der Waals surface area contributed by atoms with Crippen LogP contribution in [0.3, 0.4) is 0 Å². The minimum Gasteiger partial charge on any atom is -0.332 e. The summed E-state index contributed by atoms with van der Waals surface area (Å²) in [6.45, 7) is 0.446. The number of benzene rings is 1. The van der Waals surface area contributed by atoms with Crippen molar-refractivity contribution in [1.29, 1.82) is 0 Å². The van der Waals surface area contributed by atoms with Crippen molar-refractivity contribution in [2.24, 2.45) is 0 Å². The molecule has 1 aromatic carbocycles. The molecule has 2 saturated heterocycles. The summed E-state index contributed by atoms with van der Waals surface area (Å²) >= 11 is 1.61. The van der Waals surface area contributed by atoms with E-state index in [1.165, 1.54) is 0 Å². The largest absolute Gasteiger partial charge is 0.332 e. The Morgan fingerprint density at radius 3 is 2.76 bits per heavy atom. The van der Waals surface area contributed by atoms with Gasteiger partial charge in [-0.15, -0.1) is 11.3 Å². The molecule has 3 heterocycles. The number of aromatic nitrogens is 1. The van der Waals surface area contributed by atoms with Crippen molar-refractivity contribution in [2.75, 3.05) is 13.1 Å². The van der Waals surface area contributed by atoms with Gasteiger partial charge in [0, 0.05) is 6.54 Å². The number of thiazole rings is 1. The zero-order chi connectivity index (χ0) is 20.0. The highest BCUT2D eigenvalue weighted by molar-refractivity contribution is 7.18. The molecule has 8 heteroatoms. The molecule has 0 bridgehead atoms. The van der Waals surface area contributed by atoms with Crippen LogP contribution in [-0.4, -0.2) is 51.3 Å². The summed E-state index contributed by atoms with van der Waals surface area (Å²) in [6.07, 6.45) is 6.04. The van der Waals surface area contributed by atoms with Gasteiger partial charge < -0.3 is 10.2 Å². The average Bonchev–Trinajstić information content (AvgIpc) is 3.42. The lowest BCUT2D eigenvalue weighted by Crippen LogP contribution is -2.49. The molecule has 7 nitrogen and oxygen atoms in total. The van der Waals surface area contributed by atoms with Crippen LogP contribution in [0.1, 0.15) is 56.0 Å². The molecular weight excluding hydrogens is 388 g/mol. The zero-order valence-electron chi connectivity index (χ0n) is 16.2. The molecule has 152 valence electrons. The van der Waals surface area contributed by atoms with Gasteiger partial charge in [-0.1, -0.05) is 31.4 Å². The number of para-hydroxylation sites is 1. The first kappa shape index (κ1) is 18.5. The van der Waals surface area contributed by atoms with E-state index in [2.05, 4.69) is 5.32 Å². The van der Waals surface area contributed by atoms with Crippen LogP contribution in [0.4, 0.5) is 4.79 Å². The van der Waals surface area contributed by atoms with Crippen LogP contribution in [0.2, 0.25) is 0 Å². The van der Waals surface area contributed by atoms with E-state index in [4.69, 9.17) is 4.98 Å². The quantitative estimate of drug-likeness (QED) is 0.785. The lowest BCUT2D eigenvalue weighted by atomic mass is 9.82. The van der Waals surface area contributed by atoms with E-state index in [0.717, 1.165) is 52.2 Å². The van der Waals surface area contributed by atoms with Crippen molar-refractivity contribution in [3.8, 4) is 0 Å². The van der Waals surface area contributed by atoms with Crippen molar-refractivity contribution < 1.29 is 14.4 Å². The molecule has 1 N–H and O–H groups in total. The minimum absolute atomic E-state index is 0.0793. The molecule has 3 fully saturated rings. The number of hydrogen-bond acceptors (Lipinski definition) is 5. The van der Waals surface area contributed by atoms with Gasteiger partial charge in [0.1, 0.15) is 17.1 Å². The highest BCUT2D eigenvalue weighted by atomic mass is 32.1. The Morgan fingerprint density at radius 2 is 1.97 bits per heavy atom. The molecule has 5 rings (SSSR count). The van der Waals surface area contributed by atoms with Crippen LogP contribution in [0.15, 0.2) is 24.3 Å². The number of rotatable bonds is 3. The summed E-state index contributed by atoms with van der Waals surface area (Å²) in [7, 11) is 0. The number of nitrogens with one attached hydrogen (secondary N) is 1. The van der Waals surface area contributed by atoms with Gasteiger partial charge in [-0.05, 0) is 37.8 Å². The number of amides is 4. The molecule has 2 aromatic rings. The van der Waals surface area contributed by atoms with Gasteiger partial charge in [0.15, 0.2) is 0 Å². The third-order valence-electron chi connectivity index (χ3n) is 6.42. The van der Waals surface area contributed by atoms with Gasteiger partial charge in [0.2, 0.25) is 5.91 Å². The highest BCUT2D eigenvalue weighted by Crippen LogP contribution is 2.37. The lowest BCUT2D eigenvalue weighted by molar-refractivity contribution is -0.140. The monoisotopic (exact) mass is 412 g/mol. The molecule has 2 aliphatic heterocycles. The van der Waals surface area contributed by atoms with Crippen LogP contribution in [0.25, 0.3) is 10.2 Å². The Balaban J connectivity index is 1.33. The van der Waals surface area contributed by atoms with E-state index in [-0.39, 0.29) is 24.4 Å². The van der Waals surface area contributed by atoms with Crippen LogP contribution < -0.4 is 5.32 Å². The number of hydrogen-bond donors (Lipinski definition) is 1. The zero-order valence-corrected chi connectivity index (χ0v) is 17.0. The molecule has 1 spiro atoms. The fraction of sp³-hybridized carbons (Fsp3) is 0.524. The SMILES string of the molecule is O=C1NC2(CCCCC2)C(=O)N1CC(=O)N1CCCC1c1nc2ccccc2s1. The second kappa shape index (κ2) is 7.09. The predicted octanol–water partition coefficient (Wildman–Crippen LogP) is 3.21. The van der Waals surface area contributed by atoms with Gasteiger partial charge in [-0.3, -0.25) is 14.5 Å². The Kier molecular flexibility index (Phi) is 4.53. The van der Waals surface area contributed by atoms with Crippen molar-refractivity contribution >= 4 is 39.4 Å². The van der Waals surface area contributed by atoms with Gasteiger partial charge in [-0.25, -0.2) is 9.78 Å². The topological polar surface area (TPSA) is 82.6 Å². The van der Waals surface area contributed by atoms with Crippen molar-refractivity contribution in [3.63, 3.8) is 0 Å². The Morgan fingerprint density at radius 1 is 1.17 bits per heavy atom. The molecule has 1 saturated carbocycles. The van der Waals surface area contributed by atoms with Crippen LogP contribution >= 0.6 is 11.3 Å². The molecule has 3 aliphatic rings. The number of imide groups is 1. The minimum atomic E-state index is -0.785. The maximum atomic E-state index is 13.1. The van der Waals surface area contributed by atoms with Gasteiger partial charge in [0.05, 0.1) is 16.3 Å². The fourth-order valence-electron chi connectivity index (χ4n) is 4.89. The first-order valence-corrected chi connectivity index (χ1v) is 11.2. The normalized spacial score (nSPS) is 23.9.